The minimum Gasteiger partial charge on any atom is -0.354 e. The van der Waals surface area contributed by atoms with E-state index in [1.54, 1.807) is 0 Å². The highest BCUT2D eigenvalue weighted by Gasteiger charge is 2.11. The lowest BCUT2D eigenvalue weighted by molar-refractivity contribution is 0.678. The highest BCUT2D eigenvalue weighted by atomic mass is 35.5. The van der Waals surface area contributed by atoms with Crippen molar-refractivity contribution in [2.45, 2.75) is 40.3 Å². The average Bonchev–Trinajstić information content (AvgIpc) is 2.30. The first-order valence-electron chi connectivity index (χ1n) is 6.22. The molecule has 0 bridgehead atoms. The maximum atomic E-state index is 6.14. The lowest BCUT2D eigenvalue weighted by Crippen LogP contribution is -2.31. The van der Waals surface area contributed by atoms with Crippen molar-refractivity contribution in [3.8, 4) is 0 Å². The van der Waals surface area contributed by atoms with Gasteiger partial charge in [-0.15, -0.1) is 0 Å². The number of hydrogen-bond donors (Lipinski definition) is 1. The Kier molecular flexibility index (Phi) is 5.72. The maximum Gasteiger partial charge on any atom is 0.129 e. The molecule has 0 fully saturated rings. The number of rotatable bonds is 6. The van der Waals surface area contributed by atoms with E-state index in [1.165, 1.54) is 0 Å². The van der Waals surface area contributed by atoms with E-state index in [1.807, 2.05) is 12.1 Å². The molecule has 0 saturated carbocycles. The number of halogens is 1. The Morgan fingerprint density at radius 3 is 2.59 bits per heavy atom. The molecule has 4 heteroatoms. The molecule has 3 nitrogen and oxygen atoms in total. The third-order valence-corrected chi connectivity index (χ3v) is 3.05. The monoisotopic (exact) mass is 255 g/mol. The van der Waals surface area contributed by atoms with E-state index in [-0.39, 0.29) is 0 Å². The molecule has 96 valence electrons. The van der Waals surface area contributed by atoms with Gasteiger partial charge in [0.2, 0.25) is 0 Å². The lowest BCUT2D eigenvalue weighted by Gasteiger charge is -2.26. The predicted molar refractivity (Wildman–Crippen MR) is 74.8 cm³/mol. The second-order valence-electron chi connectivity index (χ2n) is 4.26. The molecule has 0 unspecified atom stereocenters. The first kappa shape index (κ1) is 14.3. The first-order valence-corrected chi connectivity index (χ1v) is 6.60. The minimum atomic E-state index is 0.445. The van der Waals surface area contributed by atoms with Crippen molar-refractivity contribution in [3.05, 3.63) is 22.8 Å². The lowest BCUT2D eigenvalue weighted by atomic mass is 10.3. The van der Waals surface area contributed by atoms with Gasteiger partial charge in [-0.3, -0.25) is 0 Å². The average molecular weight is 256 g/mol. The normalized spacial score (nSPS) is 10.9. The van der Waals surface area contributed by atoms with E-state index in [0.717, 1.165) is 36.2 Å². The molecule has 0 aliphatic rings. The molecule has 1 aromatic heterocycles. The molecule has 0 atom stereocenters. The third kappa shape index (κ3) is 3.86. The number of hydrogen-bond acceptors (Lipinski definition) is 3. The second-order valence-corrected chi connectivity index (χ2v) is 4.67. The Morgan fingerprint density at radius 1 is 1.35 bits per heavy atom. The molecule has 0 saturated heterocycles. The van der Waals surface area contributed by atoms with Crippen molar-refractivity contribution < 1.29 is 0 Å². The Hall–Kier alpha value is -0.800. The number of anilines is 1. The summed E-state index contributed by atoms with van der Waals surface area (Å²) in [6, 6.07) is 4.36. The zero-order valence-corrected chi connectivity index (χ0v) is 11.9. The number of nitrogens with one attached hydrogen (secondary N) is 1. The fourth-order valence-electron chi connectivity index (χ4n) is 1.79. The van der Waals surface area contributed by atoms with Gasteiger partial charge in [-0.2, -0.15) is 0 Å². The standard InChI is InChI=1S/C13H22ClN3/c1-5-15-9-12-11(14)7-8-13(16-12)17(6-2)10(3)4/h7-8,10,15H,5-6,9H2,1-4H3. The van der Waals surface area contributed by atoms with Crippen LogP contribution in [0.5, 0.6) is 0 Å². The van der Waals surface area contributed by atoms with Crippen LogP contribution in [0.1, 0.15) is 33.4 Å². The molecule has 0 aliphatic carbocycles. The first-order chi connectivity index (χ1) is 8.10. The van der Waals surface area contributed by atoms with Crippen molar-refractivity contribution in [2.75, 3.05) is 18.0 Å². The summed E-state index contributed by atoms with van der Waals surface area (Å²) in [6.45, 7) is 11.1. The topological polar surface area (TPSA) is 28.2 Å². The SMILES string of the molecule is CCNCc1nc(N(CC)C(C)C)ccc1Cl. The van der Waals surface area contributed by atoms with Crippen molar-refractivity contribution in [1.29, 1.82) is 0 Å². The van der Waals surface area contributed by atoms with Gasteiger partial charge in [0.15, 0.2) is 0 Å². The van der Waals surface area contributed by atoms with E-state index in [4.69, 9.17) is 11.6 Å². The van der Waals surface area contributed by atoms with Gasteiger partial charge in [0.25, 0.3) is 0 Å². The molecular formula is C13H22ClN3. The number of aromatic nitrogens is 1. The predicted octanol–water partition coefficient (Wildman–Crippen LogP) is 3.08. The fraction of sp³-hybridized carbons (Fsp3) is 0.615. The van der Waals surface area contributed by atoms with Crippen LogP contribution in [0, 0.1) is 0 Å². The summed E-state index contributed by atoms with van der Waals surface area (Å²) >= 11 is 6.14. The third-order valence-electron chi connectivity index (χ3n) is 2.70. The van der Waals surface area contributed by atoms with Gasteiger partial charge < -0.3 is 10.2 Å². The fourth-order valence-corrected chi connectivity index (χ4v) is 1.96. The van der Waals surface area contributed by atoms with E-state index in [9.17, 15) is 0 Å². The summed E-state index contributed by atoms with van der Waals surface area (Å²) in [6.07, 6.45) is 0. The quantitative estimate of drug-likeness (QED) is 0.847. The van der Waals surface area contributed by atoms with Crippen molar-refractivity contribution in [2.24, 2.45) is 0 Å². The van der Waals surface area contributed by atoms with Crippen LogP contribution in [-0.2, 0) is 6.54 Å². The molecule has 0 aromatic carbocycles. The van der Waals surface area contributed by atoms with E-state index in [2.05, 4.69) is 42.9 Å². The van der Waals surface area contributed by atoms with Crippen molar-refractivity contribution in [1.82, 2.24) is 10.3 Å². The summed E-state index contributed by atoms with van der Waals surface area (Å²) in [7, 11) is 0. The van der Waals surface area contributed by atoms with Crippen LogP contribution in [-0.4, -0.2) is 24.1 Å². The van der Waals surface area contributed by atoms with Crippen LogP contribution in [0.2, 0.25) is 5.02 Å². The van der Waals surface area contributed by atoms with Crippen LogP contribution < -0.4 is 10.2 Å². The molecule has 1 N–H and O–H groups in total. The minimum absolute atomic E-state index is 0.445. The van der Waals surface area contributed by atoms with Gasteiger partial charge in [-0.05, 0) is 39.4 Å². The summed E-state index contributed by atoms with van der Waals surface area (Å²) < 4.78 is 0. The molecule has 1 rings (SSSR count). The Balaban J connectivity index is 2.93. The van der Waals surface area contributed by atoms with E-state index < -0.39 is 0 Å². The van der Waals surface area contributed by atoms with Gasteiger partial charge in [0.05, 0.1) is 10.7 Å². The zero-order valence-electron chi connectivity index (χ0n) is 11.1. The highest BCUT2D eigenvalue weighted by molar-refractivity contribution is 6.31. The maximum absolute atomic E-state index is 6.14. The molecule has 1 heterocycles. The van der Waals surface area contributed by atoms with Gasteiger partial charge in [0.1, 0.15) is 5.82 Å². The molecule has 1 aromatic rings. The zero-order chi connectivity index (χ0) is 12.8. The smallest absolute Gasteiger partial charge is 0.129 e. The number of pyridine rings is 1. The molecule has 17 heavy (non-hydrogen) atoms. The molecule has 0 radical (unpaired) electrons. The second kappa shape index (κ2) is 6.82. The van der Waals surface area contributed by atoms with Crippen LogP contribution >= 0.6 is 11.6 Å². The summed E-state index contributed by atoms with van der Waals surface area (Å²) in [5.41, 5.74) is 0.921. The molecule has 0 spiro atoms. The van der Waals surface area contributed by atoms with Gasteiger partial charge in [-0.1, -0.05) is 18.5 Å². The van der Waals surface area contributed by atoms with Crippen molar-refractivity contribution >= 4 is 17.4 Å². The Labute approximate surface area is 109 Å². The molecule has 0 aliphatic heterocycles. The van der Waals surface area contributed by atoms with Crippen LogP contribution in [0.4, 0.5) is 5.82 Å². The Morgan fingerprint density at radius 2 is 2.06 bits per heavy atom. The molecular weight excluding hydrogens is 234 g/mol. The van der Waals surface area contributed by atoms with Gasteiger partial charge in [0, 0.05) is 19.1 Å². The summed E-state index contributed by atoms with van der Waals surface area (Å²) in [4.78, 5) is 6.89. The summed E-state index contributed by atoms with van der Waals surface area (Å²) in [5, 5.41) is 3.98. The largest absolute Gasteiger partial charge is 0.354 e. The van der Waals surface area contributed by atoms with Crippen LogP contribution in [0.25, 0.3) is 0 Å². The highest BCUT2D eigenvalue weighted by Crippen LogP contribution is 2.20. The van der Waals surface area contributed by atoms with Gasteiger partial charge >= 0.3 is 0 Å². The van der Waals surface area contributed by atoms with Gasteiger partial charge in [-0.25, -0.2) is 4.98 Å². The summed E-state index contributed by atoms with van der Waals surface area (Å²) in [5.74, 6) is 1.000. The number of nitrogens with zero attached hydrogens (tertiary/aromatic N) is 2. The van der Waals surface area contributed by atoms with E-state index in [0.29, 0.717) is 6.04 Å². The van der Waals surface area contributed by atoms with Crippen LogP contribution in [0.3, 0.4) is 0 Å². The van der Waals surface area contributed by atoms with Crippen LogP contribution in [0.15, 0.2) is 12.1 Å². The van der Waals surface area contributed by atoms with Crippen molar-refractivity contribution in [3.63, 3.8) is 0 Å². The molecule has 0 amide bonds. The van der Waals surface area contributed by atoms with E-state index >= 15 is 0 Å². The Bertz CT molecular complexity index is 353.